The SMILES string of the molecule is O=C(O)c1ccc(COc2ccc3ccccc3c2/C=C2/SC(=O)N(c3ccccc3)C2=O)cc1. The molecule has 0 aliphatic carbocycles. The second-order valence-electron chi connectivity index (χ2n) is 7.84. The number of imide groups is 1. The molecule has 1 aliphatic rings. The Morgan fingerprint density at radius 2 is 1.60 bits per heavy atom. The van der Waals surface area contributed by atoms with Gasteiger partial charge in [0.2, 0.25) is 0 Å². The maximum absolute atomic E-state index is 13.2. The molecule has 1 heterocycles. The van der Waals surface area contributed by atoms with E-state index in [1.54, 1.807) is 42.5 Å². The van der Waals surface area contributed by atoms with Crippen LogP contribution >= 0.6 is 11.8 Å². The summed E-state index contributed by atoms with van der Waals surface area (Å²) >= 11 is 0.895. The second kappa shape index (κ2) is 9.48. The van der Waals surface area contributed by atoms with Gasteiger partial charge in [-0.25, -0.2) is 9.69 Å². The minimum atomic E-state index is -0.987. The summed E-state index contributed by atoms with van der Waals surface area (Å²) in [5.74, 6) is -0.814. The molecule has 7 heteroatoms. The average molecular weight is 482 g/mol. The zero-order chi connectivity index (χ0) is 24.4. The topological polar surface area (TPSA) is 83.9 Å². The normalized spacial score (nSPS) is 14.6. The van der Waals surface area contributed by atoms with Gasteiger partial charge in [0.1, 0.15) is 12.4 Å². The molecule has 0 unspecified atom stereocenters. The summed E-state index contributed by atoms with van der Waals surface area (Å²) in [6.45, 7) is 0.213. The number of aromatic carboxylic acids is 1. The predicted octanol–water partition coefficient (Wildman–Crippen LogP) is 6.36. The minimum Gasteiger partial charge on any atom is -0.488 e. The number of carboxylic acid groups (broad SMARTS) is 1. The number of hydrogen-bond acceptors (Lipinski definition) is 5. The molecule has 172 valence electrons. The van der Waals surface area contributed by atoms with Gasteiger partial charge in [-0.1, -0.05) is 60.7 Å². The Hall–Kier alpha value is -4.36. The molecule has 5 rings (SSSR count). The molecule has 0 aromatic heterocycles. The van der Waals surface area contributed by atoms with Crippen LogP contribution in [0.15, 0.2) is 95.9 Å². The molecule has 0 bridgehead atoms. The largest absolute Gasteiger partial charge is 0.488 e. The van der Waals surface area contributed by atoms with Gasteiger partial charge in [0.25, 0.3) is 11.1 Å². The summed E-state index contributed by atoms with van der Waals surface area (Å²) in [7, 11) is 0. The Labute approximate surface area is 205 Å². The number of benzene rings is 4. The number of thioether (sulfide) groups is 1. The van der Waals surface area contributed by atoms with Crippen molar-refractivity contribution in [3.8, 4) is 5.75 Å². The minimum absolute atomic E-state index is 0.203. The lowest BCUT2D eigenvalue weighted by Gasteiger charge is -2.13. The van der Waals surface area contributed by atoms with Gasteiger partial charge in [-0.2, -0.15) is 0 Å². The number of hydrogen-bond donors (Lipinski definition) is 1. The highest BCUT2D eigenvalue weighted by atomic mass is 32.2. The lowest BCUT2D eigenvalue weighted by atomic mass is 10.0. The molecule has 1 aliphatic heterocycles. The summed E-state index contributed by atoms with van der Waals surface area (Å²) in [5.41, 5.74) is 2.23. The first-order valence-electron chi connectivity index (χ1n) is 10.8. The van der Waals surface area contributed by atoms with Crippen LogP contribution in [0.1, 0.15) is 21.5 Å². The van der Waals surface area contributed by atoms with Crippen molar-refractivity contribution in [3.63, 3.8) is 0 Å². The Bertz CT molecular complexity index is 1480. The van der Waals surface area contributed by atoms with Crippen molar-refractivity contribution in [1.29, 1.82) is 0 Å². The highest BCUT2D eigenvalue weighted by Gasteiger charge is 2.36. The molecular weight excluding hydrogens is 462 g/mol. The fourth-order valence-electron chi connectivity index (χ4n) is 3.85. The fraction of sp³-hybridized carbons (Fsp3) is 0.0357. The molecule has 4 aromatic rings. The molecule has 6 nitrogen and oxygen atoms in total. The number of para-hydroxylation sites is 1. The van der Waals surface area contributed by atoms with E-state index in [1.807, 2.05) is 42.5 Å². The van der Waals surface area contributed by atoms with Crippen LogP contribution in [0.2, 0.25) is 0 Å². The van der Waals surface area contributed by atoms with Gasteiger partial charge >= 0.3 is 5.97 Å². The van der Waals surface area contributed by atoms with Gasteiger partial charge in [-0.15, -0.1) is 0 Å². The number of ether oxygens (including phenoxy) is 1. The fourth-order valence-corrected chi connectivity index (χ4v) is 4.68. The van der Waals surface area contributed by atoms with Gasteiger partial charge in [-0.05, 0) is 64.5 Å². The maximum atomic E-state index is 13.2. The standard InChI is InChI=1S/C28H19NO5S/c30-26-25(35-28(33)29(26)21-7-2-1-3-8-21)16-23-22-9-5-4-6-19(22)14-15-24(23)34-17-18-10-12-20(13-11-18)27(31)32/h1-16H,17H2,(H,31,32)/b25-16+. The van der Waals surface area contributed by atoms with E-state index in [0.717, 1.165) is 28.1 Å². The van der Waals surface area contributed by atoms with Gasteiger partial charge in [-0.3, -0.25) is 9.59 Å². The second-order valence-corrected chi connectivity index (χ2v) is 8.84. The Morgan fingerprint density at radius 3 is 2.34 bits per heavy atom. The third-order valence-electron chi connectivity index (χ3n) is 5.61. The van der Waals surface area contributed by atoms with E-state index in [2.05, 4.69) is 0 Å². The number of amides is 2. The van der Waals surface area contributed by atoms with E-state index >= 15 is 0 Å². The number of carbonyl (C=O) groups is 3. The van der Waals surface area contributed by atoms with E-state index in [0.29, 0.717) is 21.9 Å². The van der Waals surface area contributed by atoms with E-state index in [9.17, 15) is 14.4 Å². The molecule has 0 spiro atoms. The van der Waals surface area contributed by atoms with Crippen molar-refractivity contribution in [2.45, 2.75) is 6.61 Å². The van der Waals surface area contributed by atoms with E-state index in [4.69, 9.17) is 9.84 Å². The third-order valence-corrected chi connectivity index (χ3v) is 6.48. The highest BCUT2D eigenvalue weighted by Crippen LogP contribution is 2.38. The highest BCUT2D eigenvalue weighted by molar-refractivity contribution is 8.19. The third kappa shape index (κ3) is 4.54. The van der Waals surface area contributed by atoms with Crippen molar-refractivity contribution < 1.29 is 24.2 Å². The number of anilines is 1. The first-order valence-corrected chi connectivity index (χ1v) is 11.6. The Kier molecular flexibility index (Phi) is 6.08. The van der Waals surface area contributed by atoms with Gasteiger partial charge < -0.3 is 9.84 Å². The van der Waals surface area contributed by atoms with Crippen LogP contribution in [0.4, 0.5) is 10.5 Å². The zero-order valence-corrected chi connectivity index (χ0v) is 19.2. The molecule has 1 fully saturated rings. The van der Waals surface area contributed by atoms with Crippen LogP contribution in [0.5, 0.6) is 5.75 Å². The van der Waals surface area contributed by atoms with Crippen LogP contribution in [0.25, 0.3) is 16.8 Å². The van der Waals surface area contributed by atoms with Crippen LogP contribution < -0.4 is 9.64 Å². The summed E-state index contributed by atoms with van der Waals surface area (Å²) < 4.78 is 6.10. The van der Waals surface area contributed by atoms with Gasteiger partial charge in [0.15, 0.2) is 0 Å². The molecule has 0 saturated carbocycles. The average Bonchev–Trinajstić information content (AvgIpc) is 3.16. The van der Waals surface area contributed by atoms with Crippen LogP contribution in [-0.4, -0.2) is 22.2 Å². The van der Waals surface area contributed by atoms with Gasteiger partial charge in [0.05, 0.1) is 16.2 Å². The van der Waals surface area contributed by atoms with Gasteiger partial charge in [0, 0.05) is 5.56 Å². The van der Waals surface area contributed by atoms with Crippen molar-refractivity contribution >= 4 is 51.4 Å². The predicted molar refractivity (Wildman–Crippen MR) is 137 cm³/mol. The van der Waals surface area contributed by atoms with Crippen LogP contribution in [-0.2, 0) is 11.4 Å². The van der Waals surface area contributed by atoms with Crippen LogP contribution in [0.3, 0.4) is 0 Å². The molecule has 4 aromatic carbocycles. The molecule has 0 atom stereocenters. The smallest absolute Gasteiger partial charge is 0.335 e. The summed E-state index contributed by atoms with van der Waals surface area (Å²) in [4.78, 5) is 38.4. The number of carboxylic acids is 1. The van der Waals surface area contributed by atoms with Crippen molar-refractivity contribution in [1.82, 2.24) is 0 Å². The molecule has 1 saturated heterocycles. The summed E-state index contributed by atoms with van der Waals surface area (Å²) in [5, 5.41) is 10.6. The quantitative estimate of drug-likeness (QED) is 0.323. The molecule has 1 N–H and O–H groups in total. The Balaban J connectivity index is 1.50. The number of carbonyl (C=O) groups excluding carboxylic acids is 2. The van der Waals surface area contributed by atoms with E-state index < -0.39 is 5.97 Å². The van der Waals surface area contributed by atoms with E-state index in [-0.39, 0.29) is 23.3 Å². The molecule has 35 heavy (non-hydrogen) atoms. The van der Waals surface area contributed by atoms with Crippen molar-refractivity contribution in [2.75, 3.05) is 4.90 Å². The lowest BCUT2D eigenvalue weighted by Crippen LogP contribution is -2.27. The Morgan fingerprint density at radius 1 is 0.886 bits per heavy atom. The first-order chi connectivity index (χ1) is 17.0. The summed E-state index contributed by atoms with van der Waals surface area (Å²) in [6.07, 6.45) is 1.71. The van der Waals surface area contributed by atoms with Crippen molar-refractivity contribution in [3.05, 3.63) is 113 Å². The number of nitrogens with zero attached hydrogens (tertiary/aromatic N) is 1. The summed E-state index contributed by atoms with van der Waals surface area (Å²) in [6, 6.07) is 26.8. The first kappa shape index (κ1) is 22.4. The molecular formula is C28H19NO5S. The maximum Gasteiger partial charge on any atom is 0.335 e. The zero-order valence-electron chi connectivity index (χ0n) is 18.4. The van der Waals surface area contributed by atoms with Crippen molar-refractivity contribution in [2.24, 2.45) is 0 Å². The lowest BCUT2D eigenvalue weighted by molar-refractivity contribution is -0.113. The monoisotopic (exact) mass is 481 g/mol. The molecule has 2 amide bonds. The molecule has 0 radical (unpaired) electrons. The number of rotatable bonds is 6. The van der Waals surface area contributed by atoms with Crippen LogP contribution in [0, 0.1) is 0 Å². The van der Waals surface area contributed by atoms with E-state index in [1.165, 1.54) is 17.0 Å². The number of fused-ring (bicyclic) bond motifs is 1.